The number of methoxy groups -OCH3 is 1. The largest absolute Gasteiger partial charge is 0.468 e. The van der Waals surface area contributed by atoms with Gasteiger partial charge in [-0.25, -0.2) is 4.99 Å². The molecule has 0 amide bonds. The summed E-state index contributed by atoms with van der Waals surface area (Å²) in [5.74, 6) is -3.46. The van der Waals surface area contributed by atoms with E-state index in [2.05, 4.69) is 9.73 Å². The fourth-order valence-electron chi connectivity index (χ4n) is 1.29. The molecule has 0 N–H and O–H groups in total. The Morgan fingerprint density at radius 1 is 1.40 bits per heavy atom. The number of esters is 1. The van der Waals surface area contributed by atoms with E-state index in [0.29, 0.717) is 5.02 Å². The molecule has 0 aromatic heterocycles. The Labute approximate surface area is 117 Å². The number of benzene rings is 1. The summed E-state index contributed by atoms with van der Waals surface area (Å²) in [6, 6.07) is 6.39. The van der Waals surface area contributed by atoms with E-state index in [9.17, 15) is 18.0 Å². The van der Waals surface area contributed by atoms with Crippen LogP contribution in [0.5, 0.6) is 0 Å². The topological polar surface area (TPSA) is 62.5 Å². The zero-order valence-electron chi connectivity index (χ0n) is 10.1. The van der Waals surface area contributed by atoms with Gasteiger partial charge in [0.15, 0.2) is 11.6 Å². The van der Waals surface area contributed by atoms with Gasteiger partial charge in [0.05, 0.1) is 18.9 Å². The first-order valence-electron chi connectivity index (χ1n) is 5.18. The molecule has 106 valence electrons. The SMILES string of the molecule is COC(=O)C(C#N)C(=Nc1ccc(Cl)cc1)C(F)(F)F. The van der Waals surface area contributed by atoms with Gasteiger partial charge in [0.25, 0.3) is 0 Å². The zero-order chi connectivity index (χ0) is 15.3. The lowest BCUT2D eigenvalue weighted by atomic mass is 10.0. The molecule has 0 saturated heterocycles. The van der Waals surface area contributed by atoms with E-state index in [0.717, 1.165) is 7.11 Å². The number of carbonyl (C=O) groups is 1. The Balaban J connectivity index is 3.29. The lowest BCUT2D eigenvalue weighted by molar-refractivity contribution is -0.142. The molecule has 0 aliphatic heterocycles. The minimum atomic E-state index is -4.94. The van der Waals surface area contributed by atoms with Gasteiger partial charge in [0.1, 0.15) is 0 Å². The number of rotatable bonds is 3. The highest BCUT2D eigenvalue weighted by Crippen LogP contribution is 2.27. The molecule has 0 bridgehead atoms. The molecule has 1 rings (SSSR count). The van der Waals surface area contributed by atoms with Gasteiger partial charge in [-0.15, -0.1) is 0 Å². The predicted molar refractivity (Wildman–Crippen MR) is 65.7 cm³/mol. The summed E-state index contributed by atoms with van der Waals surface area (Å²) < 4.78 is 42.9. The number of ether oxygens (including phenoxy) is 1. The second kappa shape index (κ2) is 6.39. The van der Waals surface area contributed by atoms with Crippen molar-refractivity contribution in [1.29, 1.82) is 5.26 Å². The van der Waals surface area contributed by atoms with E-state index in [-0.39, 0.29) is 5.69 Å². The Hall–Kier alpha value is -2.07. The highest BCUT2D eigenvalue weighted by Gasteiger charge is 2.44. The van der Waals surface area contributed by atoms with Crippen LogP contribution in [0.2, 0.25) is 5.02 Å². The summed E-state index contributed by atoms with van der Waals surface area (Å²) in [6.45, 7) is 0. The van der Waals surface area contributed by atoms with Crippen molar-refractivity contribution in [3.63, 3.8) is 0 Å². The van der Waals surface area contributed by atoms with E-state index in [1.165, 1.54) is 30.3 Å². The zero-order valence-corrected chi connectivity index (χ0v) is 10.9. The fraction of sp³-hybridized carbons (Fsp3) is 0.250. The van der Waals surface area contributed by atoms with Crippen molar-refractivity contribution in [3.05, 3.63) is 29.3 Å². The fourth-order valence-corrected chi connectivity index (χ4v) is 1.42. The predicted octanol–water partition coefficient (Wildman–Crippen LogP) is 3.29. The molecule has 8 heteroatoms. The van der Waals surface area contributed by atoms with Crippen LogP contribution < -0.4 is 0 Å². The van der Waals surface area contributed by atoms with E-state index < -0.39 is 23.8 Å². The molecule has 1 atom stereocenters. The average Bonchev–Trinajstić information content (AvgIpc) is 2.39. The van der Waals surface area contributed by atoms with Gasteiger partial charge < -0.3 is 4.74 Å². The van der Waals surface area contributed by atoms with Gasteiger partial charge in [-0.1, -0.05) is 11.6 Å². The Kier molecular flexibility index (Phi) is 5.11. The standard InChI is InChI=1S/C12H8ClF3N2O2/c1-20-11(19)9(6-17)10(12(14,15)16)18-8-4-2-7(13)3-5-8/h2-5,9H,1H3. The summed E-state index contributed by atoms with van der Waals surface area (Å²) in [7, 11) is 0.892. The molecule has 0 saturated carbocycles. The molecule has 20 heavy (non-hydrogen) atoms. The Morgan fingerprint density at radius 3 is 2.35 bits per heavy atom. The number of hydrogen-bond acceptors (Lipinski definition) is 4. The molecule has 0 radical (unpaired) electrons. The first kappa shape index (κ1) is 16.0. The quantitative estimate of drug-likeness (QED) is 0.636. The number of hydrogen-bond donors (Lipinski definition) is 0. The van der Waals surface area contributed by atoms with Crippen LogP contribution in [0, 0.1) is 17.2 Å². The summed E-state index contributed by atoms with van der Waals surface area (Å²) in [6.07, 6.45) is -4.94. The van der Waals surface area contributed by atoms with E-state index in [1.54, 1.807) is 0 Å². The first-order valence-corrected chi connectivity index (χ1v) is 5.56. The van der Waals surface area contributed by atoms with Crippen LogP contribution in [0.15, 0.2) is 29.3 Å². The van der Waals surface area contributed by atoms with Crippen molar-refractivity contribution in [2.45, 2.75) is 6.18 Å². The van der Waals surface area contributed by atoms with Crippen LogP contribution in [-0.2, 0) is 9.53 Å². The molecule has 0 fully saturated rings. The normalized spacial score (nSPS) is 13.5. The molecule has 1 aromatic rings. The van der Waals surface area contributed by atoms with E-state index in [4.69, 9.17) is 16.9 Å². The molecule has 0 aliphatic carbocycles. The summed E-state index contributed by atoms with van der Waals surface area (Å²) in [4.78, 5) is 14.5. The third kappa shape index (κ3) is 3.96. The van der Waals surface area contributed by atoms with Crippen LogP contribution in [0.1, 0.15) is 0 Å². The Morgan fingerprint density at radius 2 is 1.95 bits per heavy atom. The second-order valence-corrected chi connectivity index (χ2v) is 3.99. The van der Waals surface area contributed by atoms with Crippen LogP contribution >= 0.6 is 11.6 Å². The number of nitriles is 1. The van der Waals surface area contributed by atoms with E-state index >= 15 is 0 Å². The summed E-state index contributed by atoms with van der Waals surface area (Å²) >= 11 is 5.60. The smallest absolute Gasteiger partial charge is 0.431 e. The minimum absolute atomic E-state index is 0.0779. The number of carbonyl (C=O) groups excluding carboxylic acids is 1. The maximum Gasteiger partial charge on any atom is 0.431 e. The van der Waals surface area contributed by atoms with Crippen molar-refractivity contribution < 1.29 is 22.7 Å². The summed E-state index contributed by atoms with van der Waals surface area (Å²) in [5, 5.41) is 9.05. The van der Waals surface area contributed by atoms with Crippen LogP contribution in [0.4, 0.5) is 18.9 Å². The number of alkyl halides is 3. The van der Waals surface area contributed by atoms with Gasteiger partial charge in [0, 0.05) is 5.02 Å². The molecule has 0 heterocycles. The lowest BCUT2D eigenvalue weighted by Gasteiger charge is -2.14. The first-order chi connectivity index (χ1) is 9.29. The van der Waals surface area contributed by atoms with Crippen molar-refractivity contribution >= 4 is 29.0 Å². The highest BCUT2D eigenvalue weighted by molar-refractivity contribution is 6.30. The average molecular weight is 305 g/mol. The minimum Gasteiger partial charge on any atom is -0.468 e. The van der Waals surface area contributed by atoms with Gasteiger partial charge in [0.2, 0.25) is 0 Å². The van der Waals surface area contributed by atoms with Gasteiger partial charge in [-0.05, 0) is 24.3 Å². The molecule has 1 aromatic carbocycles. The van der Waals surface area contributed by atoms with Crippen molar-refractivity contribution in [2.75, 3.05) is 7.11 Å². The maximum absolute atomic E-state index is 12.9. The lowest BCUT2D eigenvalue weighted by Crippen LogP contribution is -2.35. The van der Waals surface area contributed by atoms with Crippen LogP contribution in [0.3, 0.4) is 0 Å². The number of nitrogens with zero attached hydrogens (tertiary/aromatic N) is 2. The number of halogens is 4. The molecule has 0 aliphatic rings. The third-order valence-electron chi connectivity index (χ3n) is 2.21. The molecular weight excluding hydrogens is 297 g/mol. The van der Waals surface area contributed by atoms with Gasteiger partial charge in [-0.3, -0.25) is 4.79 Å². The third-order valence-corrected chi connectivity index (χ3v) is 2.46. The second-order valence-electron chi connectivity index (χ2n) is 3.56. The van der Waals surface area contributed by atoms with Crippen LogP contribution in [0.25, 0.3) is 0 Å². The highest BCUT2D eigenvalue weighted by atomic mass is 35.5. The molecule has 4 nitrogen and oxygen atoms in total. The van der Waals surface area contributed by atoms with E-state index in [1.807, 2.05) is 0 Å². The van der Waals surface area contributed by atoms with Crippen molar-refractivity contribution in [3.8, 4) is 6.07 Å². The van der Waals surface area contributed by atoms with Gasteiger partial charge >= 0.3 is 12.1 Å². The van der Waals surface area contributed by atoms with Crippen molar-refractivity contribution in [2.24, 2.45) is 10.9 Å². The number of aliphatic imine (C=N–C) groups is 1. The molecular formula is C12H8ClF3N2O2. The van der Waals surface area contributed by atoms with Gasteiger partial charge in [-0.2, -0.15) is 18.4 Å². The maximum atomic E-state index is 12.9. The Bertz CT molecular complexity index is 562. The summed E-state index contributed by atoms with van der Waals surface area (Å²) in [5.41, 5.74) is -1.61. The molecule has 0 spiro atoms. The monoisotopic (exact) mass is 304 g/mol. The molecule has 1 unspecified atom stereocenters. The van der Waals surface area contributed by atoms with Crippen molar-refractivity contribution in [1.82, 2.24) is 0 Å². The van der Waals surface area contributed by atoms with Crippen LogP contribution in [-0.4, -0.2) is 25.0 Å².